The molecule has 23 heavy (non-hydrogen) atoms. The monoisotopic (exact) mass is 363 g/mol. The molecular formula is C16H14ClN3OS2. The summed E-state index contributed by atoms with van der Waals surface area (Å²) in [4.78, 5) is 18.1. The molecule has 0 spiro atoms. The number of rotatable bonds is 6. The minimum atomic E-state index is -0.279. The van der Waals surface area contributed by atoms with E-state index in [4.69, 9.17) is 11.6 Å². The molecule has 0 aliphatic rings. The van der Waals surface area contributed by atoms with Crippen molar-refractivity contribution in [3.63, 3.8) is 0 Å². The van der Waals surface area contributed by atoms with Gasteiger partial charge in [0.05, 0.1) is 5.25 Å². The van der Waals surface area contributed by atoms with E-state index in [1.807, 2.05) is 18.4 Å². The molecule has 1 aromatic carbocycles. The van der Waals surface area contributed by atoms with Crippen LogP contribution in [0.1, 0.15) is 28.0 Å². The zero-order chi connectivity index (χ0) is 16.2. The van der Waals surface area contributed by atoms with Crippen LogP contribution < -0.4 is 0 Å². The fraction of sp³-hybridized carbons (Fsp3) is 0.188. The zero-order valence-electron chi connectivity index (χ0n) is 12.3. The Kier molecular flexibility index (Phi) is 5.15. The highest BCUT2D eigenvalue weighted by molar-refractivity contribution is 8.00. The molecule has 0 saturated heterocycles. The van der Waals surface area contributed by atoms with Gasteiger partial charge >= 0.3 is 0 Å². The second-order valence-corrected chi connectivity index (χ2v) is 7.73. The third-order valence-electron chi connectivity index (χ3n) is 3.19. The Bertz CT molecular complexity index is 801. The van der Waals surface area contributed by atoms with E-state index in [0.29, 0.717) is 15.7 Å². The highest BCUT2D eigenvalue weighted by atomic mass is 35.5. The molecular weight excluding hydrogens is 350 g/mol. The van der Waals surface area contributed by atoms with Crippen LogP contribution in [0.15, 0.2) is 46.9 Å². The van der Waals surface area contributed by atoms with Crippen molar-refractivity contribution in [1.29, 1.82) is 0 Å². The molecule has 0 aliphatic carbocycles. The molecule has 0 bridgehead atoms. The minimum absolute atomic E-state index is 0.0158. The zero-order valence-corrected chi connectivity index (χ0v) is 14.7. The Hall–Kier alpha value is -1.63. The van der Waals surface area contributed by atoms with Crippen molar-refractivity contribution in [2.24, 2.45) is 0 Å². The second kappa shape index (κ2) is 7.29. The Balaban J connectivity index is 1.64. The van der Waals surface area contributed by atoms with E-state index >= 15 is 0 Å². The molecule has 1 atom stereocenters. The van der Waals surface area contributed by atoms with Gasteiger partial charge in [-0.3, -0.25) is 9.89 Å². The number of carbonyl (C=O) groups is 1. The summed E-state index contributed by atoms with van der Waals surface area (Å²) >= 11 is 8.96. The van der Waals surface area contributed by atoms with Crippen molar-refractivity contribution in [3.05, 3.63) is 63.1 Å². The van der Waals surface area contributed by atoms with Crippen LogP contribution in [0.5, 0.6) is 0 Å². The lowest BCUT2D eigenvalue weighted by Crippen LogP contribution is -2.13. The lowest BCUT2D eigenvalue weighted by Gasteiger charge is -2.07. The molecule has 118 valence electrons. The fourth-order valence-corrected chi connectivity index (χ4v) is 3.80. The normalized spacial score (nSPS) is 12.3. The average Bonchev–Trinajstić information content (AvgIpc) is 3.19. The van der Waals surface area contributed by atoms with Crippen LogP contribution in [-0.4, -0.2) is 26.2 Å². The molecule has 0 aliphatic heterocycles. The number of hydrogen-bond donors (Lipinski definition) is 1. The topological polar surface area (TPSA) is 58.6 Å². The Morgan fingerprint density at radius 3 is 3.00 bits per heavy atom. The van der Waals surface area contributed by atoms with Crippen molar-refractivity contribution in [2.45, 2.75) is 23.8 Å². The summed E-state index contributed by atoms with van der Waals surface area (Å²) in [5.41, 5.74) is 0.604. The summed E-state index contributed by atoms with van der Waals surface area (Å²) in [6, 6.07) is 11.1. The minimum Gasteiger partial charge on any atom is -0.293 e. The number of aromatic amines is 1. The van der Waals surface area contributed by atoms with E-state index in [2.05, 4.69) is 21.2 Å². The summed E-state index contributed by atoms with van der Waals surface area (Å²) in [7, 11) is 0. The molecule has 0 saturated carbocycles. The molecule has 4 nitrogen and oxygen atoms in total. The van der Waals surface area contributed by atoms with Crippen LogP contribution in [0, 0.1) is 0 Å². The lowest BCUT2D eigenvalue weighted by molar-refractivity contribution is 0.0994. The van der Waals surface area contributed by atoms with Gasteiger partial charge in [0.1, 0.15) is 5.82 Å². The number of thioether (sulfide) groups is 1. The maximum Gasteiger partial charge on any atom is 0.209 e. The third kappa shape index (κ3) is 4.22. The number of H-pyrrole nitrogens is 1. The number of Topliss-reactive ketones (excluding diaryl/α,β-unsaturated/α-hetero) is 1. The third-order valence-corrected chi connectivity index (χ3v) is 5.27. The standard InChI is InChI=1S/C16H14ClN3OS2/c1-10(15(21)11-4-2-5-12(17)8-11)23-16-18-14(19-20-16)9-13-6-3-7-22-13/h2-8,10H,9H2,1H3,(H,18,19,20). The molecule has 2 heterocycles. The number of aromatic nitrogens is 3. The SMILES string of the molecule is CC(Sc1n[nH]c(Cc2cccs2)n1)C(=O)c1cccc(Cl)c1. The Morgan fingerprint density at radius 2 is 2.26 bits per heavy atom. The molecule has 2 aromatic heterocycles. The molecule has 7 heteroatoms. The van der Waals surface area contributed by atoms with Gasteiger partial charge in [-0.2, -0.15) is 0 Å². The Labute approximate surface area is 147 Å². The van der Waals surface area contributed by atoms with Crippen molar-refractivity contribution < 1.29 is 4.79 Å². The first-order valence-corrected chi connectivity index (χ1v) is 9.15. The molecule has 0 radical (unpaired) electrons. The van der Waals surface area contributed by atoms with E-state index in [-0.39, 0.29) is 11.0 Å². The fourth-order valence-electron chi connectivity index (χ4n) is 2.08. The first-order valence-electron chi connectivity index (χ1n) is 7.02. The molecule has 1 N–H and O–H groups in total. The van der Waals surface area contributed by atoms with Gasteiger partial charge in [-0.05, 0) is 30.5 Å². The lowest BCUT2D eigenvalue weighted by atomic mass is 10.1. The predicted octanol–water partition coefficient (Wildman–Crippen LogP) is 4.47. The molecule has 0 fully saturated rings. The van der Waals surface area contributed by atoms with Gasteiger partial charge in [-0.25, -0.2) is 4.98 Å². The average molecular weight is 364 g/mol. The van der Waals surface area contributed by atoms with E-state index in [1.54, 1.807) is 35.6 Å². The maximum atomic E-state index is 12.4. The van der Waals surface area contributed by atoms with Gasteiger partial charge < -0.3 is 0 Å². The second-order valence-electron chi connectivity index (χ2n) is 4.96. The van der Waals surface area contributed by atoms with Crippen molar-refractivity contribution >= 4 is 40.5 Å². The summed E-state index contributed by atoms with van der Waals surface area (Å²) in [6.45, 7) is 1.85. The summed E-state index contributed by atoms with van der Waals surface area (Å²) in [5.74, 6) is 0.819. The maximum absolute atomic E-state index is 12.4. The Morgan fingerprint density at radius 1 is 1.39 bits per heavy atom. The van der Waals surface area contributed by atoms with Crippen LogP contribution in [0.4, 0.5) is 0 Å². The van der Waals surface area contributed by atoms with Gasteiger partial charge in [0.25, 0.3) is 0 Å². The molecule has 1 unspecified atom stereocenters. The molecule has 0 amide bonds. The van der Waals surface area contributed by atoms with Crippen LogP contribution in [0.2, 0.25) is 5.02 Å². The largest absolute Gasteiger partial charge is 0.293 e. The molecule has 3 rings (SSSR count). The van der Waals surface area contributed by atoms with Crippen LogP contribution >= 0.6 is 34.7 Å². The van der Waals surface area contributed by atoms with Crippen molar-refractivity contribution in [3.8, 4) is 0 Å². The first-order chi connectivity index (χ1) is 11.1. The van der Waals surface area contributed by atoms with Gasteiger partial charge in [0, 0.05) is 21.9 Å². The van der Waals surface area contributed by atoms with Crippen molar-refractivity contribution in [2.75, 3.05) is 0 Å². The van der Waals surface area contributed by atoms with E-state index in [9.17, 15) is 4.79 Å². The quantitative estimate of drug-likeness (QED) is 0.518. The number of nitrogens with one attached hydrogen (secondary N) is 1. The van der Waals surface area contributed by atoms with Crippen LogP contribution in [0.25, 0.3) is 0 Å². The summed E-state index contributed by atoms with van der Waals surface area (Å²) < 4.78 is 0. The van der Waals surface area contributed by atoms with E-state index < -0.39 is 0 Å². The van der Waals surface area contributed by atoms with E-state index in [0.717, 1.165) is 12.2 Å². The van der Waals surface area contributed by atoms with Gasteiger partial charge in [0.15, 0.2) is 5.78 Å². The number of hydrogen-bond acceptors (Lipinski definition) is 5. The smallest absolute Gasteiger partial charge is 0.209 e. The van der Waals surface area contributed by atoms with Crippen LogP contribution in [-0.2, 0) is 6.42 Å². The van der Waals surface area contributed by atoms with Gasteiger partial charge in [-0.1, -0.05) is 41.6 Å². The van der Waals surface area contributed by atoms with Gasteiger partial charge in [0.2, 0.25) is 5.16 Å². The number of thiophene rings is 1. The summed E-state index contributed by atoms with van der Waals surface area (Å²) in [5, 5.41) is 10.0. The van der Waals surface area contributed by atoms with E-state index in [1.165, 1.54) is 16.6 Å². The number of ketones is 1. The first kappa shape index (κ1) is 16.2. The highest BCUT2D eigenvalue weighted by Crippen LogP contribution is 2.24. The van der Waals surface area contributed by atoms with Crippen molar-refractivity contribution in [1.82, 2.24) is 15.2 Å². The molecule has 3 aromatic rings. The van der Waals surface area contributed by atoms with Gasteiger partial charge in [-0.15, -0.1) is 16.4 Å². The number of nitrogens with zero attached hydrogens (tertiary/aromatic N) is 2. The number of benzene rings is 1. The highest BCUT2D eigenvalue weighted by Gasteiger charge is 2.19. The predicted molar refractivity (Wildman–Crippen MR) is 94.6 cm³/mol. The number of halogens is 1. The number of carbonyl (C=O) groups excluding carboxylic acids is 1. The summed E-state index contributed by atoms with van der Waals surface area (Å²) in [6.07, 6.45) is 0.724. The van der Waals surface area contributed by atoms with Crippen LogP contribution in [0.3, 0.4) is 0 Å².